The molecule has 1 N–H and O–H groups in total. The summed E-state index contributed by atoms with van der Waals surface area (Å²) in [5.74, 6) is 0.359. The quantitative estimate of drug-likeness (QED) is 0.240. The molecule has 2 aliphatic heterocycles. The summed E-state index contributed by atoms with van der Waals surface area (Å²) in [6.45, 7) is 8.97. The number of aromatic hydroxyl groups is 1. The zero-order chi connectivity index (χ0) is 30.0. The highest BCUT2D eigenvalue weighted by atomic mass is 16.7. The number of hydrogen-bond donors (Lipinski definition) is 1. The Morgan fingerprint density at radius 1 is 1.10 bits per heavy atom. The monoisotopic (exact) mass is 582 g/mol. The Balaban J connectivity index is 1.36. The molecule has 0 saturated carbocycles. The fraction of sp³-hybridized carbons (Fsp3) is 0.618. The smallest absolute Gasteiger partial charge is 0.225 e. The maximum absolute atomic E-state index is 13.1. The second-order valence-corrected chi connectivity index (χ2v) is 11.9. The molecule has 0 bridgehead atoms. The molecule has 232 valence electrons. The van der Waals surface area contributed by atoms with Crippen molar-refractivity contribution in [3.8, 4) is 5.75 Å². The Morgan fingerprint density at radius 2 is 1.83 bits per heavy atom. The molecule has 2 fully saturated rings. The summed E-state index contributed by atoms with van der Waals surface area (Å²) in [6.07, 6.45) is 4.48. The number of methoxy groups -OCH3 is 2. The van der Waals surface area contributed by atoms with Crippen molar-refractivity contribution < 1.29 is 28.8 Å². The maximum Gasteiger partial charge on any atom is 0.225 e. The standard InChI is InChI=1S/C34H50N2O6/c1-26(2)35-18-16-34(17-19-35,28-9-6-5-7-10-28)30-23-27(12-13-31(30)37)14-21-41-22-15-32(38)36(25-33(39-3)40-4)24-29-11-8-20-42-29/h5-7,9-10,12-13,23,26,29,33,37H,8,11,14-22,24-25H2,1-4H3. The van der Waals surface area contributed by atoms with Gasteiger partial charge in [0, 0.05) is 44.4 Å². The average molecular weight is 583 g/mol. The second-order valence-electron chi connectivity index (χ2n) is 11.9. The summed E-state index contributed by atoms with van der Waals surface area (Å²) in [7, 11) is 3.16. The van der Waals surface area contributed by atoms with E-state index >= 15 is 0 Å². The zero-order valence-electron chi connectivity index (χ0n) is 25.9. The third-order valence-electron chi connectivity index (χ3n) is 8.98. The molecule has 0 spiro atoms. The number of hydrogen-bond acceptors (Lipinski definition) is 7. The van der Waals surface area contributed by atoms with E-state index in [1.54, 1.807) is 19.1 Å². The van der Waals surface area contributed by atoms with Crippen LogP contribution in [0.2, 0.25) is 0 Å². The summed E-state index contributed by atoms with van der Waals surface area (Å²) >= 11 is 0. The van der Waals surface area contributed by atoms with E-state index < -0.39 is 6.29 Å². The van der Waals surface area contributed by atoms with E-state index in [9.17, 15) is 9.90 Å². The number of phenols is 1. The van der Waals surface area contributed by atoms with Gasteiger partial charge in [-0.3, -0.25) is 4.79 Å². The van der Waals surface area contributed by atoms with Crippen LogP contribution in [-0.2, 0) is 35.6 Å². The second kappa shape index (κ2) is 15.8. The number of nitrogens with zero attached hydrogens (tertiary/aromatic N) is 2. The molecule has 0 aromatic heterocycles. The van der Waals surface area contributed by atoms with Gasteiger partial charge in [-0.25, -0.2) is 0 Å². The van der Waals surface area contributed by atoms with Crippen LogP contribution < -0.4 is 0 Å². The van der Waals surface area contributed by atoms with Crippen molar-refractivity contribution in [3.63, 3.8) is 0 Å². The predicted octanol–water partition coefficient (Wildman–Crippen LogP) is 4.76. The molecule has 2 aliphatic rings. The van der Waals surface area contributed by atoms with Crippen molar-refractivity contribution >= 4 is 5.91 Å². The molecule has 8 heteroatoms. The molecule has 0 radical (unpaired) electrons. The fourth-order valence-corrected chi connectivity index (χ4v) is 6.36. The summed E-state index contributed by atoms with van der Waals surface area (Å²) in [6, 6.07) is 17.1. The first-order valence-electron chi connectivity index (χ1n) is 15.5. The molecule has 2 saturated heterocycles. The van der Waals surface area contributed by atoms with Gasteiger partial charge in [-0.15, -0.1) is 0 Å². The normalized spacial score (nSPS) is 19.0. The zero-order valence-corrected chi connectivity index (χ0v) is 25.9. The van der Waals surface area contributed by atoms with Crippen molar-refractivity contribution in [1.82, 2.24) is 9.80 Å². The first-order chi connectivity index (χ1) is 20.4. The number of benzene rings is 2. The van der Waals surface area contributed by atoms with Gasteiger partial charge in [0.1, 0.15) is 5.75 Å². The van der Waals surface area contributed by atoms with Crippen LogP contribution in [-0.4, -0.2) is 99.5 Å². The van der Waals surface area contributed by atoms with Gasteiger partial charge in [0.05, 0.1) is 32.3 Å². The van der Waals surface area contributed by atoms with E-state index in [1.165, 1.54) is 5.56 Å². The lowest BCUT2D eigenvalue weighted by Gasteiger charge is -2.44. The maximum atomic E-state index is 13.1. The van der Waals surface area contributed by atoms with Crippen molar-refractivity contribution in [1.29, 1.82) is 0 Å². The first-order valence-corrected chi connectivity index (χ1v) is 15.5. The van der Waals surface area contributed by atoms with E-state index in [1.807, 2.05) is 18.2 Å². The predicted molar refractivity (Wildman–Crippen MR) is 164 cm³/mol. The molecule has 1 amide bonds. The van der Waals surface area contributed by atoms with Crippen LogP contribution in [0.3, 0.4) is 0 Å². The number of ether oxygens (including phenoxy) is 4. The number of phenolic OH excluding ortho intramolecular Hbond substituents is 1. The van der Waals surface area contributed by atoms with Crippen LogP contribution in [0.5, 0.6) is 5.75 Å². The molecule has 2 heterocycles. The molecule has 1 atom stereocenters. The van der Waals surface area contributed by atoms with Gasteiger partial charge in [-0.05, 0) is 76.2 Å². The van der Waals surface area contributed by atoms with Crippen LogP contribution in [0, 0.1) is 0 Å². The highest BCUT2D eigenvalue weighted by Crippen LogP contribution is 2.45. The first kappa shape index (κ1) is 32.4. The Labute approximate surface area is 251 Å². The molecular formula is C34H50N2O6. The number of carbonyl (C=O) groups excluding carboxylic acids is 1. The van der Waals surface area contributed by atoms with Crippen molar-refractivity contribution in [2.45, 2.75) is 76.2 Å². The highest BCUT2D eigenvalue weighted by molar-refractivity contribution is 5.76. The summed E-state index contributed by atoms with van der Waals surface area (Å²) in [5.41, 5.74) is 3.15. The fourth-order valence-electron chi connectivity index (χ4n) is 6.36. The molecule has 42 heavy (non-hydrogen) atoms. The molecule has 8 nitrogen and oxygen atoms in total. The van der Waals surface area contributed by atoms with E-state index in [-0.39, 0.29) is 23.8 Å². The van der Waals surface area contributed by atoms with Crippen LogP contribution in [0.1, 0.15) is 62.6 Å². The topological polar surface area (TPSA) is 80.7 Å². The van der Waals surface area contributed by atoms with Gasteiger partial charge in [0.15, 0.2) is 6.29 Å². The molecule has 0 aliphatic carbocycles. The van der Waals surface area contributed by atoms with E-state index in [0.717, 1.165) is 56.5 Å². The summed E-state index contributed by atoms with van der Waals surface area (Å²) in [4.78, 5) is 17.4. The minimum Gasteiger partial charge on any atom is -0.508 e. The Morgan fingerprint density at radius 3 is 2.48 bits per heavy atom. The van der Waals surface area contributed by atoms with Gasteiger partial charge in [-0.1, -0.05) is 42.5 Å². The van der Waals surface area contributed by atoms with Crippen LogP contribution in [0.25, 0.3) is 0 Å². The molecule has 4 rings (SSSR count). The number of carbonyl (C=O) groups is 1. The minimum atomic E-state index is -0.475. The Bertz CT molecular complexity index is 1090. The van der Waals surface area contributed by atoms with Crippen LogP contribution >= 0.6 is 0 Å². The number of likely N-dealkylation sites (tertiary alicyclic amines) is 1. The number of rotatable bonds is 15. The minimum absolute atomic E-state index is 0.00839. The van der Waals surface area contributed by atoms with E-state index in [0.29, 0.717) is 44.5 Å². The van der Waals surface area contributed by atoms with Gasteiger partial charge < -0.3 is 33.9 Å². The van der Waals surface area contributed by atoms with Crippen molar-refractivity contribution in [3.05, 3.63) is 65.2 Å². The average Bonchev–Trinajstić information content (AvgIpc) is 3.53. The molecular weight excluding hydrogens is 532 g/mol. The number of amides is 1. The lowest BCUT2D eigenvalue weighted by Crippen LogP contribution is -2.45. The third-order valence-corrected chi connectivity index (χ3v) is 8.98. The third kappa shape index (κ3) is 8.32. The lowest BCUT2D eigenvalue weighted by molar-refractivity contribution is -0.148. The Hall–Kier alpha value is -2.49. The number of piperidine rings is 1. The van der Waals surface area contributed by atoms with Crippen molar-refractivity contribution in [2.75, 3.05) is 60.2 Å². The molecule has 2 aromatic carbocycles. The SMILES string of the molecule is COC(CN(CC1CCCO1)C(=O)CCOCCc1ccc(O)c(C2(c3ccccc3)CCN(C(C)C)CC2)c1)OC. The van der Waals surface area contributed by atoms with E-state index in [4.69, 9.17) is 18.9 Å². The van der Waals surface area contributed by atoms with Gasteiger partial charge >= 0.3 is 0 Å². The van der Waals surface area contributed by atoms with Gasteiger partial charge in [0.25, 0.3) is 0 Å². The van der Waals surface area contributed by atoms with Crippen molar-refractivity contribution in [2.24, 2.45) is 0 Å². The highest BCUT2D eigenvalue weighted by Gasteiger charge is 2.40. The van der Waals surface area contributed by atoms with E-state index in [2.05, 4.69) is 49.1 Å². The van der Waals surface area contributed by atoms with Crippen LogP contribution in [0.15, 0.2) is 48.5 Å². The van der Waals surface area contributed by atoms with Gasteiger partial charge in [-0.2, -0.15) is 0 Å². The Kier molecular flexibility index (Phi) is 12.2. The lowest BCUT2D eigenvalue weighted by atomic mass is 9.67. The van der Waals surface area contributed by atoms with Crippen LogP contribution in [0.4, 0.5) is 0 Å². The summed E-state index contributed by atoms with van der Waals surface area (Å²) < 4.78 is 22.4. The van der Waals surface area contributed by atoms with Gasteiger partial charge in [0.2, 0.25) is 5.91 Å². The summed E-state index contributed by atoms with van der Waals surface area (Å²) in [5, 5.41) is 11.1. The molecule has 1 unspecified atom stereocenters. The molecule has 2 aromatic rings. The largest absolute Gasteiger partial charge is 0.508 e.